The highest BCUT2D eigenvalue weighted by Gasteiger charge is 2.21. The summed E-state index contributed by atoms with van der Waals surface area (Å²) in [7, 11) is 0. The van der Waals surface area contributed by atoms with E-state index < -0.39 is 11.3 Å². The van der Waals surface area contributed by atoms with Gasteiger partial charge in [0.2, 0.25) is 5.91 Å². The van der Waals surface area contributed by atoms with Gasteiger partial charge in [-0.25, -0.2) is 9.78 Å². The number of imidazole rings is 1. The summed E-state index contributed by atoms with van der Waals surface area (Å²) in [6.07, 6.45) is 7.21. The van der Waals surface area contributed by atoms with Gasteiger partial charge < -0.3 is 10.3 Å². The van der Waals surface area contributed by atoms with E-state index in [1.807, 2.05) is 30.3 Å². The summed E-state index contributed by atoms with van der Waals surface area (Å²) in [6, 6.07) is 9.65. The van der Waals surface area contributed by atoms with Crippen molar-refractivity contribution in [2.75, 3.05) is 0 Å². The predicted molar refractivity (Wildman–Crippen MR) is 103 cm³/mol. The number of hydrogen-bond acceptors (Lipinski definition) is 4. The van der Waals surface area contributed by atoms with Gasteiger partial charge in [0, 0.05) is 6.04 Å². The highest BCUT2D eigenvalue weighted by Crippen LogP contribution is 2.24. The zero-order valence-electron chi connectivity index (χ0n) is 14.8. The molecular weight excluding hydrogens is 348 g/mol. The second kappa shape index (κ2) is 8.89. The number of H-pyrrole nitrogens is 1. The first-order chi connectivity index (χ1) is 12.6. The van der Waals surface area contributed by atoms with Gasteiger partial charge >= 0.3 is 6.03 Å². The molecule has 0 radical (unpaired) electrons. The topological polar surface area (TPSA) is 86.9 Å². The lowest BCUT2D eigenvalue weighted by Crippen LogP contribution is -2.47. The van der Waals surface area contributed by atoms with Crippen molar-refractivity contribution in [3.63, 3.8) is 0 Å². The van der Waals surface area contributed by atoms with Crippen LogP contribution in [0.2, 0.25) is 0 Å². The Kier molecular flexibility index (Phi) is 6.33. The van der Waals surface area contributed by atoms with Crippen molar-refractivity contribution in [3.8, 4) is 11.3 Å². The van der Waals surface area contributed by atoms with E-state index in [0.29, 0.717) is 5.16 Å². The number of amides is 3. The molecule has 3 rings (SSSR count). The normalized spacial score (nSPS) is 16.0. The first kappa shape index (κ1) is 18.5. The summed E-state index contributed by atoms with van der Waals surface area (Å²) >= 11 is 1.30. The second-order valence-corrected chi connectivity index (χ2v) is 7.86. The van der Waals surface area contributed by atoms with Crippen molar-refractivity contribution >= 4 is 23.7 Å². The molecule has 1 fully saturated rings. The maximum absolute atomic E-state index is 12.2. The van der Waals surface area contributed by atoms with Gasteiger partial charge in [-0.15, -0.1) is 0 Å². The molecular formula is C19H24N4O2S. The minimum Gasteiger partial charge on any atom is -0.335 e. The van der Waals surface area contributed by atoms with Crippen LogP contribution in [0.5, 0.6) is 0 Å². The van der Waals surface area contributed by atoms with Gasteiger partial charge in [-0.1, -0.05) is 61.4 Å². The molecule has 0 bridgehead atoms. The molecule has 3 N–H and O–H groups in total. The highest BCUT2D eigenvalue weighted by atomic mass is 32.2. The summed E-state index contributed by atoms with van der Waals surface area (Å²) in [4.78, 5) is 31.8. The summed E-state index contributed by atoms with van der Waals surface area (Å²) in [5.41, 5.74) is 1.94. The Balaban J connectivity index is 1.49. The molecule has 1 unspecified atom stereocenters. The fourth-order valence-corrected chi connectivity index (χ4v) is 3.81. The predicted octanol–water partition coefficient (Wildman–Crippen LogP) is 3.72. The third kappa shape index (κ3) is 5.11. The molecule has 1 aliphatic rings. The molecule has 1 aromatic carbocycles. The number of aromatic amines is 1. The Labute approximate surface area is 157 Å². The molecule has 1 saturated carbocycles. The quantitative estimate of drug-likeness (QED) is 0.698. The van der Waals surface area contributed by atoms with E-state index in [1.54, 1.807) is 13.1 Å². The number of carbonyl (C=O) groups excluding carboxylic acids is 2. The van der Waals surface area contributed by atoms with E-state index in [2.05, 4.69) is 20.6 Å². The van der Waals surface area contributed by atoms with Crippen molar-refractivity contribution in [3.05, 3.63) is 36.5 Å². The monoisotopic (exact) mass is 372 g/mol. The van der Waals surface area contributed by atoms with Gasteiger partial charge in [-0.3, -0.25) is 10.1 Å². The van der Waals surface area contributed by atoms with Crippen molar-refractivity contribution in [2.24, 2.45) is 0 Å². The van der Waals surface area contributed by atoms with Crippen LogP contribution in [0.3, 0.4) is 0 Å². The smallest absolute Gasteiger partial charge is 0.321 e. The standard InChI is InChI=1S/C19H24N4O2S/c1-13(17(24)23-18(25)21-15-10-6-3-7-11-15)26-19-20-12-16(22-19)14-8-4-2-5-9-14/h2,4-5,8-9,12-13,15H,3,6-7,10-11H2,1H3,(H,20,22)(H2,21,23,24,25). The van der Waals surface area contributed by atoms with Crippen molar-refractivity contribution in [2.45, 2.75) is 55.5 Å². The first-order valence-electron chi connectivity index (χ1n) is 9.00. The first-order valence-corrected chi connectivity index (χ1v) is 9.88. The lowest BCUT2D eigenvalue weighted by Gasteiger charge is -2.22. The Morgan fingerprint density at radius 1 is 1.19 bits per heavy atom. The molecule has 6 nitrogen and oxygen atoms in total. The van der Waals surface area contributed by atoms with Crippen molar-refractivity contribution in [1.29, 1.82) is 0 Å². The van der Waals surface area contributed by atoms with E-state index in [9.17, 15) is 9.59 Å². The van der Waals surface area contributed by atoms with Gasteiger partial charge in [0.05, 0.1) is 17.1 Å². The number of aromatic nitrogens is 2. The number of urea groups is 1. The number of nitrogens with one attached hydrogen (secondary N) is 3. The zero-order chi connectivity index (χ0) is 18.4. The van der Waals surface area contributed by atoms with Gasteiger partial charge in [-0.05, 0) is 25.3 Å². The molecule has 0 saturated heterocycles. The average Bonchev–Trinajstić information content (AvgIpc) is 3.11. The molecule has 1 heterocycles. The molecule has 7 heteroatoms. The van der Waals surface area contributed by atoms with Crippen molar-refractivity contribution < 1.29 is 9.59 Å². The molecule has 0 aliphatic heterocycles. The number of hydrogen-bond donors (Lipinski definition) is 3. The lowest BCUT2D eigenvalue weighted by molar-refractivity contribution is -0.119. The van der Waals surface area contributed by atoms with E-state index >= 15 is 0 Å². The third-order valence-electron chi connectivity index (χ3n) is 4.47. The minimum absolute atomic E-state index is 0.179. The maximum atomic E-state index is 12.2. The molecule has 0 spiro atoms. The van der Waals surface area contributed by atoms with Crippen LogP contribution in [-0.2, 0) is 4.79 Å². The zero-order valence-corrected chi connectivity index (χ0v) is 15.6. The summed E-state index contributed by atoms with van der Waals surface area (Å²) in [5.74, 6) is -0.319. The number of benzene rings is 1. The number of carbonyl (C=O) groups is 2. The number of rotatable bonds is 5. The summed E-state index contributed by atoms with van der Waals surface area (Å²) in [6.45, 7) is 1.76. The third-order valence-corrected chi connectivity index (χ3v) is 5.47. The molecule has 1 aromatic heterocycles. The molecule has 26 heavy (non-hydrogen) atoms. The van der Waals surface area contributed by atoms with Crippen LogP contribution in [0.1, 0.15) is 39.0 Å². The van der Waals surface area contributed by atoms with Gasteiger partial charge in [0.25, 0.3) is 0 Å². The Morgan fingerprint density at radius 3 is 2.65 bits per heavy atom. The largest absolute Gasteiger partial charge is 0.335 e. The average molecular weight is 372 g/mol. The fourth-order valence-electron chi connectivity index (χ4n) is 3.03. The minimum atomic E-state index is -0.429. The molecule has 138 valence electrons. The lowest BCUT2D eigenvalue weighted by atomic mass is 9.96. The SMILES string of the molecule is CC(Sc1ncc(-c2ccccc2)[nH]1)C(=O)NC(=O)NC1CCCCC1. The van der Waals surface area contributed by atoms with Gasteiger partial charge in [0.15, 0.2) is 5.16 Å². The number of imide groups is 1. The number of thioether (sulfide) groups is 1. The van der Waals surface area contributed by atoms with Crippen LogP contribution >= 0.6 is 11.8 Å². The maximum Gasteiger partial charge on any atom is 0.321 e. The summed E-state index contributed by atoms with van der Waals surface area (Å²) < 4.78 is 0. The van der Waals surface area contributed by atoms with Gasteiger partial charge in [0.1, 0.15) is 0 Å². The molecule has 3 amide bonds. The molecule has 1 aliphatic carbocycles. The van der Waals surface area contributed by atoms with Crippen LogP contribution in [0, 0.1) is 0 Å². The summed E-state index contributed by atoms with van der Waals surface area (Å²) in [5, 5.41) is 5.55. The van der Waals surface area contributed by atoms with E-state index in [1.165, 1.54) is 18.2 Å². The van der Waals surface area contributed by atoms with E-state index in [0.717, 1.165) is 36.9 Å². The van der Waals surface area contributed by atoms with Crippen molar-refractivity contribution in [1.82, 2.24) is 20.6 Å². The molecule has 1 atom stereocenters. The van der Waals surface area contributed by atoms with Crippen LogP contribution < -0.4 is 10.6 Å². The second-order valence-electron chi connectivity index (χ2n) is 6.53. The van der Waals surface area contributed by atoms with Gasteiger partial charge in [-0.2, -0.15) is 0 Å². The highest BCUT2D eigenvalue weighted by molar-refractivity contribution is 8.00. The Bertz CT molecular complexity index is 741. The van der Waals surface area contributed by atoms with Crippen LogP contribution in [0.4, 0.5) is 4.79 Å². The molecule has 2 aromatic rings. The van der Waals surface area contributed by atoms with E-state index in [-0.39, 0.29) is 11.9 Å². The number of nitrogens with zero attached hydrogens (tertiary/aromatic N) is 1. The Morgan fingerprint density at radius 2 is 1.92 bits per heavy atom. The Hall–Kier alpha value is -2.28. The van der Waals surface area contributed by atoms with Crippen LogP contribution in [-0.4, -0.2) is 33.2 Å². The van der Waals surface area contributed by atoms with Crippen LogP contribution in [0.25, 0.3) is 11.3 Å². The fraction of sp³-hybridized carbons (Fsp3) is 0.421. The van der Waals surface area contributed by atoms with E-state index in [4.69, 9.17) is 0 Å². The van der Waals surface area contributed by atoms with Crippen LogP contribution in [0.15, 0.2) is 41.7 Å².